The van der Waals surface area contributed by atoms with Crippen molar-refractivity contribution < 1.29 is 9.53 Å². The molecule has 0 aliphatic heterocycles. The molecule has 2 unspecified atom stereocenters. The predicted octanol–water partition coefficient (Wildman–Crippen LogP) is 2.26. The second kappa shape index (κ2) is 4.19. The fourth-order valence-electron chi connectivity index (χ4n) is 2.97. The van der Waals surface area contributed by atoms with Gasteiger partial charge in [-0.3, -0.25) is 4.79 Å². The first-order valence-corrected chi connectivity index (χ1v) is 6.41. The number of rotatable bonds is 3. The smallest absolute Gasteiger partial charge is 0.227 e. The van der Waals surface area contributed by atoms with E-state index in [1.54, 1.807) is 25.3 Å². The average Bonchev–Trinajstić information content (AvgIpc) is 2.98. The molecule has 4 nitrogen and oxygen atoms in total. The molecule has 3 rings (SSSR count). The number of nitrogens with two attached hydrogens (primary N) is 1. The summed E-state index contributed by atoms with van der Waals surface area (Å²) in [6.45, 7) is 0. The van der Waals surface area contributed by atoms with Gasteiger partial charge in [0, 0.05) is 17.7 Å². The fraction of sp³-hybridized carbons (Fsp3) is 0.500. The minimum atomic E-state index is 0.116. The molecule has 2 aliphatic rings. The first-order chi connectivity index (χ1) is 8.67. The summed E-state index contributed by atoms with van der Waals surface area (Å²) in [6, 6.07) is 5.29. The lowest BCUT2D eigenvalue weighted by atomic mass is 10.0. The standard InChI is InChI=1S/C14H18N2O2/c1-18-13-7-11(15)2-3-12(13)16-14(17)10-5-8-4-9(8)6-10/h2-3,7-10H,4-6,15H2,1H3,(H,16,17). The summed E-state index contributed by atoms with van der Waals surface area (Å²) in [6.07, 6.45) is 3.43. The average molecular weight is 246 g/mol. The van der Waals surface area contributed by atoms with E-state index in [1.807, 2.05) is 0 Å². The fourth-order valence-corrected chi connectivity index (χ4v) is 2.97. The van der Waals surface area contributed by atoms with Gasteiger partial charge in [-0.15, -0.1) is 0 Å². The first-order valence-electron chi connectivity index (χ1n) is 6.41. The van der Waals surface area contributed by atoms with Crippen molar-refractivity contribution in [3.05, 3.63) is 18.2 Å². The molecule has 0 saturated heterocycles. The molecule has 3 N–H and O–H groups in total. The van der Waals surface area contributed by atoms with E-state index in [1.165, 1.54) is 6.42 Å². The number of ether oxygens (including phenoxy) is 1. The van der Waals surface area contributed by atoms with Crippen LogP contribution >= 0.6 is 0 Å². The van der Waals surface area contributed by atoms with E-state index in [4.69, 9.17) is 10.5 Å². The molecule has 96 valence electrons. The number of carbonyl (C=O) groups excluding carboxylic acids is 1. The lowest BCUT2D eigenvalue weighted by molar-refractivity contribution is -0.120. The number of benzene rings is 1. The number of carbonyl (C=O) groups is 1. The van der Waals surface area contributed by atoms with Crippen molar-refractivity contribution in [1.29, 1.82) is 0 Å². The van der Waals surface area contributed by atoms with Gasteiger partial charge in [0.2, 0.25) is 5.91 Å². The molecular formula is C14H18N2O2. The van der Waals surface area contributed by atoms with E-state index >= 15 is 0 Å². The van der Waals surface area contributed by atoms with Crippen LogP contribution in [0.25, 0.3) is 0 Å². The lowest BCUT2D eigenvalue weighted by Crippen LogP contribution is -2.21. The molecule has 1 amide bonds. The zero-order valence-electron chi connectivity index (χ0n) is 10.5. The van der Waals surface area contributed by atoms with E-state index < -0.39 is 0 Å². The lowest BCUT2D eigenvalue weighted by Gasteiger charge is -2.14. The van der Waals surface area contributed by atoms with Crippen molar-refractivity contribution >= 4 is 17.3 Å². The van der Waals surface area contributed by atoms with Crippen molar-refractivity contribution in [2.45, 2.75) is 19.3 Å². The van der Waals surface area contributed by atoms with Crippen LogP contribution in [0.2, 0.25) is 0 Å². The van der Waals surface area contributed by atoms with E-state index in [2.05, 4.69) is 5.32 Å². The molecule has 18 heavy (non-hydrogen) atoms. The van der Waals surface area contributed by atoms with E-state index in [0.717, 1.165) is 24.7 Å². The van der Waals surface area contributed by atoms with Crippen molar-refractivity contribution in [2.75, 3.05) is 18.2 Å². The van der Waals surface area contributed by atoms with Crippen LogP contribution in [0.15, 0.2) is 18.2 Å². The molecular weight excluding hydrogens is 228 g/mol. The maximum atomic E-state index is 12.1. The van der Waals surface area contributed by atoms with Gasteiger partial charge >= 0.3 is 0 Å². The molecule has 4 heteroatoms. The highest BCUT2D eigenvalue weighted by Crippen LogP contribution is 2.54. The van der Waals surface area contributed by atoms with Gasteiger partial charge in [-0.25, -0.2) is 0 Å². The summed E-state index contributed by atoms with van der Waals surface area (Å²) < 4.78 is 5.22. The number of hydrogen-bond donors (Lipinski definition) is 2. The summed E-state index contributed by atoms with van der Waals surface area (Å²) in [5.74, 6) is 2.54. The number of amides is 1. The normalized spacial score (nSPS) is 28.6. The predicted molar refractivity (Wildman–Crippen MR) is 70.4 cm³/mol. The van der Waals surface area contributed by atoms with Crippen molar-refractivity contribution in [1.82, 2.24) is 0 Å². The third-order valence-electron chi connectivity index (χ3n) is 4.10. The number of nitrogen functional groups attached to an aromatic ring is 1. The number of nitrogens with one attached hydrogen (secondary N) is 1. The van der Waals surface area contributed by atoms with Gasteiger partial charge in [-0.1, -0.05) is 0 Å². The van der Waals surface area contributed by atoms with Gasteiger partial charge in [-0.05, 0) is 43.2 Å². The Labute approximate surface area is 107 Å². The molecule has 0 radical (unpaired) electrons. The van der Waals surface area contributed by atoms with Gasteiger partial charge < -0.3 is 15.8 Å². The summed E-state index contributed by atoms with van der Waals surface area (Å²) in [4.78, 5) is 12.1. The second-order valence-corrected chi connectivity index (χ2v) is 5.37. The second-order valence-electron chi connectivity index (χ2n) is 5.37. The van der Waals surface area contributed by atoms with Gasteiger partial charge in [0.05, 0.1) is 12.8 Å². The topological polar surface area (TPSA) is 64.3 Å². The van der Waals surface area contributed by atoms with Crippen LogP contribution in [0.1, 0.15) is 19.3 Å². The quantitative estimate of drug-likeness (QED) is 0.804. The molecule has 0 heterocycles. The Kier molecular flexibility index (Phi) is 2.65. The van der Waals surface area contributed by atoms with E-state index in [9.17, 15) is 4.79 Å². The highest BCUT2D eigenvalue weighted by molar-refractivity contribution is 5.94. The Bertz CT molecular complexity index is 477. The number of methoxy groups -OCH3 is 1. The van der Waals surface area contributed by atoms with Crippen LogP contribution in [0, 0.1) is 17.8 Å². The minimum absolute atomic E-state index is 0.116. The van der Waals surface area contributed by atoms with Gasteiger partial charge in [0.25, 0.3) is 0 Å². The van der Waals surface area contributed by atoms with Crippen LogP contribution in [-0.2, 0) is 4.79 Å². The van der Waals surface area contributed by atoms with Crippen LogP contribution < -0.4 is 15.8 Å². The van der Waals surface area contributed by atoms with Crippen LogP contribution in [0.3, 0.4) is 0 Å². The molecule has 1 aromatic rings. The molecule has 0 aromatic heterocycles. The van der Waals surface area contributed by atoms with Crippen molar-refractivity contribution in [2.24, 2.45) is 17.8 Å². The summed E-state index contributed by atoms with van der Waals surface area (Å²) in [5, 5.41) is 2.95. The maximum Gasteiger partial charge on any atom is 0.227 e. The largest absolute Gasteiger partial charge is 0.494 e. The number of fused-ring (bicyclic) bond motifs is 1. The Morgan fingerprint density at radius 2 is 2.06 bits per heavy atom. The molecule has 1 aromatic carbocycles. The molecule has 0 bridgehead atoms. The maximum absolute atomic E-state index is 12.1. The molecule has 2 atom stereocenters. The summed E-state index contributed by atoms with van der Waals surface area (Å²) in [7, 11) is 1.58. The number of hydrogen-bond acceptors (Lipinski definition) is 3. The Morgan fingerprint density at radius 1 is 1.33 bits per heavy atom. The molecule has 2 aliphatic carbocycles. The Morgan fingerprint density at radius 3 is 2.72 bits per heavy atom. The van der Waals surface area contributed by atoms with Crippen LogP contribution in [-0.4, -0.2) is 13.0 Å². The van der Waals surface area contributed by atoms with Crippen molar-refractivity contribution in [3.8, 4) is 5.75 Å². The zero-order chi connectivity index (χ0) is 12.7. The third kappa shape index (κ3) is 2.03. The highest BCUT2D eigenvalue weighted by atomic mass is 16.5. The van der Waals surface area contributed by atoms with Gasteiger partial charge in [-0.2, -0.15) is 0 Å². The monoisotopic (exact) mass is 246 g/mol. The third-order valence-corrected chi connectivity index (χ3v) is 4.10. The van der Waals surface area contributed by atoms with Gasteiger partial charge in [0.15, 0.2) is 0 Å². The van der Waals surface area contributed by atoms with E-state index in [0.29, 0.717) is 17.1 Å². The summed E-state index contributed by atoms with van der Waals surface area (Å²) >= 11 is 0. The first kappa shape index (κ1) is 11.4. The highest BCUT2D eigenvalue weighted by Gasteiger charge is 2.48. The minimum Gasteiger partial charge on any atom is -0.494 e. The molecule has 2 saturated carbocycles. The molecule has 0 spiro atoms. The van der Waals surface area contributed by atoms with Crippen LogP contribution in [0.4, 0.5) is 11.4 Å². The zero-order valence-corrected chi connectivity index (χ0v) is 10.5. The Balaban J connectivity index is 1.70. The van der Waals surface area contributed by atoms with E-state index in [-0.39, 0.29) is 11.8 Å². The Hall–Kier alpha value is -1.71. The molecule has 2 fully saturated rings. The van der Waals surface area contributed by atoms with Crippen LogP contribution in [0.5, 0.6) is 5.75 Å². The van der Waals surface area contributed by atoms with Gasteiger partial charge in [0.1, 0.15) is 5.75 Å². The summed E-state index contributed by atoms with van der Waals surface area (Å²) in [5.41, 5.74) is 7.02. The van der Waals surface area contributed by atoms with Crippen molar-refractivity contribution in [3.63, 3.8) is 0 Å². The number of anilines is 2. The SMILES string of the molecule is COc1cc(N)ccc1NC(=O)C1CC2CC2C1.